The van der Waals surface area contributed by atoms with Crippen LogP contribution in [0.3, 0.4) is 0 Å². The minimum atomic E-state index is -3.02. The summed E-state index contributed by atoms with van der Waals surface area (Å²) in [5.74, 6) is 0.302. The van der Waals surface area contributed by atoms with E-state index in [4.69, 9.17) is 0 Å². The second kappa shape index (κ2) is 5.68. The van der Waals surface area contributed by atoms with Crippen LogP contribution in [-0.4, -0.2) is 68.2 Å². The van der Waals surface area contributed by atoms with E-state index >= 15 is 0 Å². The van der Waals surface area contributed by atoms with Gasteiger partial charge in [-0.2, -0.15) is 4.31 Å². The van der Waals surface area contributed by atoms with Gasteiger partial charge in [0.05, 0.1) is 5.75 Å². The van der Waals surface area contributed by atoms with Gasteiger partial charge >= 0.3 is 0 Å². The maximum Gasteiger partial charge on any atom is 0.214 e. The zero-order valence-electron chi connectivity index (χ0n) is 11.6. The van der Waals surface area contributed by atoms with Crippen molar-refractivity contribution in [3.8, 4) is 0 Å². The standard InChI is InChI=1S/C13H25N3O2S/c17-19(18,11-1-6-14-12-2-3-12)16-9-7-15(8-10-16)13-4-5-13/h12-14H,1-11H2. The van der Waals surface area contributed by atoms with Crippen LogP contribution in [0.5, 0.6) is 0 Å². The van der Waals surface area contributed by atoms with Gasteiger partial charge in [-0.3, -0.25) is 4.90 Å². The zero-order valence-corrected chi connectivity index (χ0v) is 12.4. The number of hydrogen-bond acceptors (Lipinski definition) is 4. The lowest BCUT2D eigenvalue weighted by atomic mass is 10.3. The van der Waals surface area contributed by atoms with Crippen molar-refractivity contribution >= 4 is 10.0 Å². The van der Waals surface area contributed by atoms with E-state index in [1.807, 2.05) is 0 Å². The summed E-state index contributed by atoms with van der Waals surface area (Å²) < 4.78 is 26.1. The third kappa shape index (κ3) is 3.90. The molecule has 5 nitrogen and oxygen atoms in total. The Labute approximate surface area is 116 Å². The molecular formula is C13H25N3O2S. The van der Waals surface area contributed by atoms with Crippen molar-refractivity contribution in [3.63, 3.8) is 0 Å². The smallest absolute Gasteiger partial charge is 0.214 e. The Hall–Kier alpha value is -0.170. The summed E-state index contributed by atoms with van der Waals surface area (Å²) in [5, 5.41) is 3.37. The van der Waals surface area contributed by atoms with E-state index in [-0.39, 0.29) is 0 Å². The second-order valence-corrected chi connectivity index (χ2v) is 8.15. The van der Waals surface area contributed by atoms with E-state index < -0.39 is 10.0 Å². The molecule has 1 saturated heterocycles. The van der Waals surface area contributed by atoms with E-state index in [1.165, 1.54) is 25.7 Å². The molecule has 19 heavy (non-hydrogen) atoms. The van der Waals surface area contributed by atoms with Crippen LogP contribution in [0.1, 0.15) is 32.1 Å². The van der Waals surface area contributed by atoms with Crippen LogP contribution < -0.4 is 5.32 Å². The van der Waals surface area contributed by atoms with Gasteiger partial charge in [0, 0.05) is 38.3 Å². The Bertz CT molecular complexity index is 396. The molecule has 0 spiro atoms. The quantitative estimate of drug-likeness (QED) is 0.682. The van der Waals surface area contributed by atoms with Gasteiger partial charge in [0.2, 0.25) is 10.0 Å². The summed E-state index contributed by atoms with van der Waals surface area (Å²) in [6, 6.07) is 1.43. The molecule has 110 valence electrons. The summed E-state index contributed by atoms with van der Waals surface area (Å²) in [5.41, 5.74) is 0. The molecule has 0 radical (unpaired) electrons. The highest BCUT2D eigenvalue weighted by molar-refractivity contribution is 7.89. The van der Waals surface area contributed by atoms with Crippen LogP contribution in [0.15, 0.2) is 0 Å². The van der Waals surface area contributed by atoms with Crippen LogP contribution in [-0.2, 0) is 10.0 Å². The average Bonchev–Trinajstić information content (AvgIpc) is 3.29. The monoisotopic (exact) mass is 287 g/mol. The number of nitrogens with one attached hydrogen (secondary N) is 1. The van der Waals surface area contributed by atoms with Crippen molar-refractivity contribution in [1.82, 2.24) is 14.5 Å². The number of hydrogen-bond donors (Lipinski definition) is 1. The Morgan fingerprint density at radius 1 is 1.00 bits per heavy atom. The highest BCUT2D eigenvalue weighted by Crippen LogP contribution is 2.27. The summed E-state index contributed by atoms with van der Waals surface area (Å²) in [6.45, 7) is 4.06. The van der Waals surface area contributed by atoms with Gasteiger partial charge < -0.3 is 5.32 Å². The van der Waals surface area contributed by atoms with Crippen LogP contribution in [0.2, 0.25) is 0 Å². The van der Waals surface area contributed by atoms with Gasteiger partial charge in [-0.1, -0.05) is 0 Å². The van der Waals surface area contributed by atoms with Gasteiger partial charge in [0.1, 0.15) is 0 Å². The fourth-order valence-corrected chi connectivity index (χ4v) is 4.25. The van der Waals surface area contributed by atoms with E-state index in [2.05, 4.69) is 10.2 Å². The van der Waals surface area contributed by atoms with Gasteiger partial charge in [-0.25, -0.2) is 8.42 Å². The fraction of sp³-hybridized carbons (Fsp3) is 1.00. The first kappa shape index (κ1) is 13.8. The average molecular weight is 287 g/mol. The van der Waals surface area contributed by atoms with Crippen LogP contribution >= 0.6 is 0 Å². The Balaban J connectivity index is 1.38. The van der Waals surface area contributed by atoms with E-state index in [1.54, 1.807) is 4.31 Å². The molecule has 0 amide bonds. The topological polar surface area (TPSA) is 52.7 Å². The number of nitrogens with zero attached hydrogens (tertiary/aromatic N) is 2. The molecule has 1 N–H and O–H groups in total. The summed E-state index contributed by atoms with van der Waals surface area (Å²) in [6.07, 6.45) is 5.87. The molecule has 3 fully saturated rings. The predicted octanol–water partition coefficient (Wildman–Crippen LogP) is 0.238. The van der Waals surface area contributed by atoms with Crippen LogP contribution in [0.25, 0.3) is 0 Å². The van der Waals surface area contributed by atoms with Crippen molar-refractivity contribution in [1.29, 1.82) is 0 Å². The SMILES string of the molecule is O=S(=O)(CCCNC1CC1)N1CCN(C2CC2)CC1. The maximum absolute atomic E-state index is 12.2. The summed E-state index contributed by atoms with van der Waals surface area (Å²) >= 11 is 0. The van der Waals surface area contributed by atoms with Gasteiger partial charge in [0.15, 0.2) is 0 Å². The van der Waals surface area contributed by atoms with Crippen LogP contribution in [0.4, 0.5) is 0 Å². The fourth-order valence-electron chi connectivity index (χ4n) is 2.76. The number of sulfonamides is 1. The third-order valence-electron chi connectivity index (χ3n) is 4.32. The lowest BCUT2D eigenvalue weighted by Gasteiger charge is -2.34. The Kier molecular flexibility index (Phi) is 4.12. The molecular weight excluding hydrogens is 262 g/mol. The second-order valence-electron chi connectivity index (χ2n) is 6.06. The summed E-state index contributed by atoms with van der Waals surface area (Å²) in [4.78, 5) is 2.45. The third-order valence-corrected chi connectivity index (χ3v) is 6.28. The van der Waals surface area contributed by atoms with Gasteiger partial charge in [0.25, 0.3) is 0 Å². The summed E-state index contributed by atoms with van der Waals surface area (Å²) in [7, 11) is -3.02. The molecule has 2 saturated carbocycles. The molecule has 1 heterocycles. The molecule has 3 aliphatic rings. The Morgan fingerprint density at radius 3 is 2.26 bits per heavy atom. The molecule has 0 aromatic rings. The van der Waals surface area contributed by atoms with E-state index in [0.29, 0.717) is 24.9 Å². The molecule has 6 heteroatoms. The first-order valence-electron chi connectivity index (χ1n) is 7.60. The highest BCUT2D eigenvalue weighted by Gasteiger charge is 2.34. The molecule has 0 bridgehead atoms. The number of piperazine rings is 1. The zero-order chi connectivity index (χ0) is 13.3. The predicted molar refractivity (Wildman–Crippen MR) is 75.6 cm³/mol. The minimum absolute atomic E-state index is 0.302. The normalized spacial score (nSPS) is 26.7. The van der Waals surface area contributed by atoms with Crippen molar-refractivity contribution in [2.75, 3.05) is 38.5 Å². The number of rotatable bonds is 7. The molecule has 0 aromatic heterocycles. The van der Waals surface area contributed by atoms with Gasteiger partial charge in [-0.15, -0.1) is 0 Å². The molecule has 1 aliphatic heterocycles. The maximum atomic E-state index is 12.2. The minimum Gasteiger partial charge on any atom is -0.314 e. The van der Waals surface area contributed by atoms with E-state index in [9.17, 15) is 8.42 Å². The Morgan fingerprint density at radius 2 is 1.68 bits per heavy atom. The molecule has 0 atom stereocenters. The first-order valence-corrected chi connectivity index (χ1v) is 9.21. The molecule has 3 rings (SSSR count). The lowest BCUT2D eigenvalue weighted by Crippen LogP contribution is -2.49. The van der Waals surface area contributed by atoms with Crippen molar-refractivity contribution in [3.05, 3.63) is 0 Å². The van der Waals surface area contributed by atoms with Crippen molar-refractivity contribution < 1.29 is 8.42 Å². The van der Waals surface area contributed by atoms with Crippen LogP contribution in [0, 0.1) is 0 Å². The largest absolute Gasteiger partial charge is 0.314 e. The molecule has 0 unspecified atom stereocenters. The molecule has 2 aliphatic carbocycles. The van der Waals surface area contributed by atoms with E-state index in [0.717, 1.165) is 32.1 Å². The highest BCUT2D eigenvalue weighted by atomic mass is 32.2. The first-order chi connectivity index (χ1) is 9.15. The lowest BCUT2D eigenvalue weighted by molar-refractivity contribution is 0.180. The van der Waals surface area contributed by atoms with Crippen molar-refractivity contribution in [2.24, 2.45) is 0 Å². The van der Waals surface area contributed by atoms with Gasteiger partial charge in [-0.05, 0) is 38.6 Å². The van der Waals surface area contributed by atoms with Crippen molar-refractivity contribution in [2.45, 2.75) is 44.2 Å². The molecule has 0 aromatic carbocycles.